The van der Waals surface area contributed by atoms with Crippen molar-refractivity contribution in [3.8, 4) is 10.6 Å². The average Bonchev–Trinajstić information content (AvgIpc) is 2.83. The highest BCUT2D eigenvalue weighted by Crippen LogP contribution is 2.27. The first-order valence-corrected chi connectivity index (χ1v) is 6.76. The summed E-state index contributed by atoms with van der Waals surface area (Å²) in [6.45, 7) is 0. The molecule has 3 rings (SSSR count). The number of aromatic nitrogens is 3. The van der Waals surface area contributed by atoms with E-state index in [4.69, 9.17) is 17.3 Å². The van der Waals surface area contributed by atoms with Crippen molar-refractivity contribution in [3.63, 3.8) is 0 Å². The number of hydrogen-bond donors (Lipinski definition) is 1. The zero-order chi connectivity index (χ0) is 15.1. The molecule has 21 heavy (non-hydrogen) atoms. The van der Waals surface area contributed by atoms with E-state index in [0.29, 0.717) is 10.0 Å². The van der Waals surface area contributed by atoms with Crippen molar-refractivity contribution in [2.24, 2.45) is 0 Å². The Morgan fingerprint density at radius 1 is 1.33 bits per heavy atom. The van der Waals surface area contributed by atoms with E-state index < -0.39 is 22.0 Å². The summed E-state index contributed by atoms with van der Waals surface area (Å²) in [6, 6.07) is 6.80. The zero-order valence-electron chi connectivity index (χ0n) is 10.2. The average molecular weight is 324 g/mol. The minimum Gasteiger partial charge on any atom is -0.378 e. The fourth-order valence-corrected chi connectivity index (χ4v) is 2.76. The number of nitrogen functional groups attached to an aromatic ring is 1. The second-order valence-electron chi connectivity index (χ2n) is 4.02. The van der Waals surface area contributed by atoms with E-state index in [0.717, 1.165) is 21.4 Å². The molecule has 1 aromatic carbocycles. The van der Waals surface area contributed by atoms with Gasteiger partial charge in [0, 0.05) is 10.6 Å². The third-order valence-corrected chi connectivity index (χ3v) is 3.90. The van der Waals surface area contributed by atoms with Crippen LogP contribution in [0.4, 0.5) is 11.5 Å². The first-order chi connectivity index (χ1) is 9.97. The van der Waals surface area contributed by atoms with E-state index in [1.807, 2.05) is 0 Å². The third kappa shape index (κ3) is 2.22. The predicted molar refractivity (Wildman–Crippen MR) is 78.6 cm³/mol. The van der Waals surface area contributed by atoms with Crippen LogP contribution in [0, 0.1) is 10.1 Å². The van der Waals surface area contributed by atoms with Crippen LogP contribution in [0.5, 0.6) is 0 Å². The second-order valence-corrected chi connectivity index (χ2v) is 5.41. The molecule has 0 radical (unpaired) electrons. The van der Waals surface area contributed by atoms with Gasteiger partial charge in [0.25, 0.3) is 0 Å². The lowest BCUT2D eigenvalue weighted by molar-refractivity contribution is -0.385. The van der Waals surface area contributed by atoms with Crippen LogP contribution >= 0.6 is 22.9 Å². The number of rotatable bonds is 2. The first kappa shape index (κ1) is 13.5. The Bertz CT molecular complexity index is 918. The molecule has 0 aliphatic rings. The van der Waals surface area contributed by atoms with Crippen molar-refractivity contribution in [1.29, 1.82) is 0 Å². The van der Waals surface area contributed by atoms with Gasteiger partial charge in [-0.1, -0.05) is 35.1 Å². The van der Waals surface area contributed by atoms with Crippen LogP contribution in [0.2, 0.25) is 5.02 Å². The number of benzene rings is 1. The molecule has 0 aliphatic heterocycles. The molecule has 0 spiro atoms. The number of hydrogen-bond acceptors (Lipinski definition) is 7. The second kappa shape index (κ2) is 4.79. The quantitative estimate of drug-likeness (QED) is 0.569. The highest BCUT2D eigenvalue weighted by atomic mass is 35.5. The molecule has 10 heteroatoms. The van der Waals surface area contributed by atoms with Gasteiger partial charge in [-0.2, -0.15) is 14.6 Å². The van der Waals surface area contributed by atoms with Gasteiger partial charge in [-0.15, -0.1) is 0 Å². The summed E-state index contributed by atoms with van der Waals surface area (Å²) in [6.07, 6.45) is 0. The van der Waals surface area contributed by atoms with Gasteiger partial charge in [0.15, 0.2) is 0 Å². The van der Waals surface area contributed by atoms with Gasteiger partial charge in [0.1, 0.15) is 5.01 Å². The first-order valence-electron chi connectivity index (χ1n) is 5.57. The molecule has 2 N–H and O–H groups in total. The lowest BCUT2D eigenvalue weighted by atomic mass is 10.2. The van der Waals surface area contributed by atoms with Crippen molar-refractivity contribution in [2.45, 2.75) is 0 Å². The largest absolute Gasteiger partial charge is 0.378 e. The monoisotopic (exact) mass is 323 g/mol. The van der Waals surface area contributed by atoms with Gasteiger partial charge in [-0.05, 0) is 12.1 Å². The highest BCUT2D eigenvalue weighted by molar-refractivity contribution is 7.19. The Labute approximate surface area is 125 Å². The topological polar surface area (TPSA) is 116 Å². The van der Waals surface area contributed by atoms with Crippen molar-refractivity contribution in [3.05, 3.63) is 49.8 Å². The summed E-state index contributed by atoms with van der Waals surface area (Å²) >= 11 is 6.90. The Kier molecular flexibility index (Phi) is 3.07. The molecule has 0 aliphatic carbocycles. The number of nitrogens with zero attached hydrogens (tertiary/aromatic N) is 4. The lowest BCUT2D eigenvalue weighted by Crippen LogP contribution is -2.20. The van der Waals surface area contributed by atoms with E-state index in [2.05, 4.69) is 10.1 Å². The maximum atomic E-state index is 12.0. The van der Waals surface area contributed by atoms with Crippen LogP contribution in [0.25, 0.3) is 15.5 Å². The molecule has 0 saturated carbocycles. The van der Waals surface area contributed by atoms with E-state index in [9.17, 15) is 14.9 Å². The Balaban J connectivity index is 2.25. The molecule has 0 amide bonds. The molecule has 0 atom stereocenters. The van der Waals surface area contributed by atoms with E-state index >= 15 is 0 Å². The molecule has 0 bridgehead atoms. The van der Waals surface area contributed by atoms with Gasteiger partial charge in [-0.25, -0.2) is 0 Å². The van der Waals surface area contributed by atoms with Crippen LogP contribution < -0.4 is 11.3 Å². The third-order valence-electron chi connectivity index (χ3n) is 2.69. The summed E-state index contributed by atoms with van der Waals surface area (Å²) in [4.78, 5) is 26.0. The molecule has 2 heterocycles. The number of anilines is 1. The fraction of sp³-hybridized carbons (Fsp3) is 0. The highest BCUT2D eigenvalue weighted by Gasteiger charge is 2.23. The van der Waals surface area contributed by atoms with Crippen molar-refractivity contribution < 1.29 is 4.92 Å². The maximum absolute atomic E-state index is 12.0. The van der Waals surface area contributed by atoms with Gasteiger partial charge in [0.05, 0.1) is 4.92 Å². The molecule has 0 saturated heterocycles. The minimum absolute atomic E-state index is 0.188. The predicted octanol–water partition coefficient (Wildman–Crippen LogP) is 1.96. The summed E-state index contributed by atoms with van der Waals surface area (Å²) in [5.74, 6) is -0.420. The Hall–Kier alpha value is -2.52. The van der Waals surface area contributed by atoms with E-state index in [1.54, 1.807) is 24.3 Å². The molecule has 2 aromatic heterocycles. The van der Waals surface area contributed by atoms with Gasteiger partial charge < -0.3 is 5.73 Å². The van der Waals surface area contributed by atoms with Gasteiger partial charge in [-0.3, -0.25) is 14.9 Å². The molecular weight excluding hydrogens is 318 g/mol. The molecule has 3 aromatic rings. The number of nitrogens with two attached hydrogens (primary N) is 1. The van der Waals surface area contributed by atoms with Crippen LogP contribution in [0.1, 0.15) is 0 Å². The maximum Gasteiger partial charge on any atom is 0.377 e. The molecule has 106 valence electrons. The van der Waals surface area contributed by atoms with E-state index in [1.165, 1.54) is 0 Å². The fourth-order valence-electron chi connectivity index (χ4n) is 1.73. The standard InChI is InChI=1S/C11H6ClN5O3S/c12-6-3-1-5(2-4-6)9-15-16-10(18)7(17(19)20)8(13)14-11(16)21-9/h1-4H,13H2. The Morgan fingerprint density at radius 2 is 2.00 bits per heavy atom. The summed E-state index contributed by atoms with van der Waals surface area (Å²) in [5.41, 5.74) is 4.49. The molecular formula is C11H6ClN5O3S. The summed E-state index contributed by atoms with van der Waals surface area (Å²) in [7, 11) is 0. The zero-order valence-corrected chi connectivity index (χ0v) is 11.8. The number of halogens is 1. The normalized spacial score (nSPS) is 10.9. The number of fused-ring (bicyclic) bond motifs is 1. The molecule has 8 nitrogen and oxygen atoms in total. The van der Waals surface area contributed by atoms with Gasteiger partial charge in [0.2, 0.25) is 10.8 Å². The molecule has 0 fully saturated rings. The van der Waals surface area contributed by atoms with E-state index in [-0.39, 0.29) is 4.96 Å². The van der Waals surface area contributed by atoms with Crippen molar-refractivity contribution >= 4 is 39.4 Å². The molecule has 0 unspecified atom stereocenters. The summed E-state index contributed by atoms with van der Waals surface area (Å²) < 4.78 is 0.878. The SMILES string of the molecule is Nc1nc2sc(-c3ccc(Cl)cc3)nn2c(=O)c1[N+](=O)[O-]. The van der Waals surface area contributed by atoms with Crippen molar-refractivity contribution in [1.82, 2.24) is 14.6 Å². The Morgan fingerprint density at radius 3 is 2.62 bits per heavy atom. The smallest absolute Gasteiger partial charge is 0.377 e. The van der Waals surface area contributed by atoms with Crippen LogP contribution in [-0.2, 0) is 0 Å². The minimum atomic E-state index is -0.904. The van der Waals surface area contributed by atoms with Gasteiger partial charge >= 0.3 is 11.2 Å². The summed E-state index contributed by atoms with van der Waals surface area (Å²) in [5, 5.41) is 15.9. The lowest BCUT2D eigenvalue weighted by Gasteiger charge is -1.95. The van der Waals surface area contributed by atoms with Crippen LogP contribution in [0.15, 0.2) is 29.1 Å². The van der Waals surface area contributed by atoms with Crippen molar-refractivity contribution in [2.75, 3.05) is 5.73 Å². The number of nitro groups is 1. The van der Waals surface area contributed by atoms with Crippen LogP contribution in [0.3, 0.4) is 0 Å². The van der Waals surface area contributed by atoms with Crippen LogP contribution in [-0.4, -0.2) is 19.5 Å².